The van der Waals surface area contributed by atoms with E-state index in [4.69, 9.17) is 9.47 Å². The van der Waals surface area contributed by atoms with Gasteiger partial charge in [0.05, 0.1) is 18.3 Å². The Morgan fingerprint density at radius 3 is 3.00 bits per heavy atom. The molecule has 0 radical (unpaired) electrons. The minimum atomic E-state index is 0.134. The summed E-state index contributed by atoms with van der Waals surface area (Å²) in [7, 11) is 0. The largest absolute Gasteiger partial charge is 0.381 e. The number of alkyl halides is 1. The van der Waals surface area contributed by atoms with Crippen molar-refractivity contribution in [2.24, 2.45) is 5.92 Å². The minimum absolute atomic E-state index is 0.134. The SMILES string of the molecule is CC1COCCC12CCCC(CBr)O2. The van der Waals surface area contributed by atoms with E-state index >= 15 is 0 Å². The van der Waals surface area contributed by atoms with Gasteiger partial charge in [-0.15, -0.1) is 0 Å². The molecular weight excluding hydrogens is 244 g/mol. The standard InChI is InChI=1S/C11H19BrO2/c1-9-8-13-6-5-11(9)4-2-3-10(7-12)14-11/h9-10H,2-8H2,1H3. The summed E-state index contributed by atoms with van der Waals surface area (Å²) in [4.78, 5) is 0. The summed E-state index contributed by atoms with van der Waals surface area (Å²) in [5.74, 6) is 0.554. The van der Waals surface area contributed by atoms with Crippen molar-refractivity contribution in [3.05, 3.63) is 0 Å². The van der Waals surface area contributed by atoms with Crippen molar-refractivity contribution in [3.8, 4) is 0 Å². The maximum absolute atomic E-state index is 6.25. The van der Waals surface area contributed by atoms with E-state index in [0.717, 1.165) is 25.0 Å². The van der Waals surface area contributed by atoms with E-state index in [1.165, 1.54) is 19.3 Å². The second-order valence-corrected chi connectivity index (χ2v) is 5.22. The van der Waals surface area contributed by atoms with Crippen molar-refractivity contribution in [2.45, 2.75) is 44.3 Å². The van der Waals surface area contributed by atoms with Gasteiger partial charge in [0.15, 0.2) is 0 Å². The first-order valence-corrected chi connectivity index (χ1v) is 6.70. The van der Waals surface area contributed by atoms with Gasteiger partial charge < -0.3 is 9.47 Å². The summed E-state index contributed by atoms with van der Waals surface area (Å²) < 4.78 is 11.7. The lowest BCUT2D eigenvalue weighted by molar-refractivity contribution is -0.191. The van der Waals surface area contributed by atoms with Gasteiger partial charge in [0.1, 0.15) is 0 Å². The molecule has 2 fully saturated rings. The molecule has 82 valence electrons. The average Bonchev–Trinajstić information content (AvgIpc) is 2.23. The van der Waals surface area contributed by atoms with E-state index in [1.54, 1.807) is 0 Å². The van der Waals surface area contributed by atoms with E-state index in [2.05, 4.69) is 22.9 Å². The normalized spacial score (nSPS) is 44.1. The fourth-order valence-electron chi connectivity index (χ4n) is 2.64. The van der Waals surface area contributed by atoms with Crippen LogP contribution in [0.25, 0.3) is 0 Å². The van der Waals surface area contributed by atoms with Gasteiger partial charge in [0.25, 0.3) is 0 Å². The van der Waals surface area contributed by atoms with E-state index in [0.29, 0.717) is 12.0 Å². The quantitative estimate of drug-likeness (QED) is 0.677. The topological polar surface area (TPSA) is 18.5 Å². The molecule has 0 aromatic carbocycles. The zero-order valence-corrected chi connectivity index (χ0v) is 10.4. The summed E-state index contributed by atoms with van der Waals surface area (Å²) in [6.45, 7) is 4.00. The van der Waals surface area contributed by atoms with Crippen LogP contribution in [0.1, 0.15) is 32.6 Å². The van der Waals surface area contributed by atoms with E-state index in [1.807, 2.05) is 0 Å². The van der Waals surface area contributed by atoms with Crippen molar-refractivity contribution in [1.29, 1.82) is 0 Å². The van der Waals surface area contributed by atoms with Crippen LogP contribution in [0.4, 0.5) is 0 Å². The van der Waals surface area contributed by atoms with Crippen LogP contribution < -0.4 is 0 Å². The molecular formula is C11H19BrO2. The lowest BCUT2D eigenvalue weighted by Gasteiger charge is -2.47. The number of halogens is 1. The second-order valence-electron chi connectivity index (χ2n) is 4.58. The summed E-state index contributed by atoms with van der Waals surface area (Å²) in [6.07, 6.45) is 5.24. The highest BCUT2D eigenvalue weighted by atomic mass is 79.9. The molecule has 1 spiro atoms. The average molecular weight is 263 g/mol. The van der Waals surface area contributed by atoms with E-state index < -0.39 is 0 Å². The van der Waals surface area contributed by atoms with Crippen molar-refractivity contribution in [2.75, 3.05) is 18.5 Å². The third kappa shape index (κ3) is 2.00. The molecule has 2 rings (SSSR count). The second kappa shape index (κ2) is 4.50. The van der Waals surface area contributed by atoms with Gasteiger partial charge in [0.2, 0.25) is 0 Å². The van der Waals surface area contributed by atoms with Crippen LogP contribution in [0.5, 0.6) is 0 Å². The number of hydrogen-bond donors (Lipinski definition) is 0. The lowest BCUT2D eigenvalue weighted by Crippen LogP contribution is -2.51. The van der Waals surface area contributed by atoms with Gasteiger partial charge in [-0.2, -0.15) is 0 Å². The third-order valence-electron chi connectivity index (χ3n) is 3.64. The Balaban J connectivity index is 2.04. The van der Waals surface area contributed by atoms with Crippen LogP contribution in [-0.4, -0.2) is 30.2 Å². The molecule has 2 heterocycles. The molecule has 0 amide bonds. The van der Waals surface area contributed by atoms with Crippen LogP contribution in [0.15, 0.2) is 0 Å². The predicted molar refractivity (Wildman–Crippen MR) is 59.8 cm³/mol. The number of rotatable bonds is 1. The molecule has 2 aliphatic heterocycles. The zero-order valence-electron chi connectivity index (χ0n) is 8.80. The van der Waals surface area contributed by atoms with Crippen molar-refractivity contribution >= 4 is 15.9 Å². The van der Waals surface area contributed by atoms with Crippen LogP contribution >= 0.6 is 15.9 Å². The fraction of sp³-hybridized carbons (Fsp3) is 1.00. The monoisotopic (exact) mass is 262 g/mol. The Labute approximate surface area is 94.5 Å². The first-order valence-electron chi connectivity index (χ1n) is 5.58. The highest BCUT2D eigenvalue weighted by Crippen LogP contribution is 2.40. The Bertz CT molecular complexity index is 194. The first-order chi connectivity index (χ1) is 6.77. The number of hydrogen-bond acceptors (Lipinski definition) is 2. The molecule has 0 bridgehead atoms. The van der Waals surface area contributed by atoms with E-state index in [9.17, 15) is 0 Å². The molecule has 2 saturated heterocycles. The summed E-state index contributed by atoms with van der Waals surface area (Å²) in [5.41, 5.74) is 0.134. The molecule has 3 atom stereocenters. The van der Waals surface area contributed by atoms with Gasteiger partial charge in [-0.05, 0) is 19.3 Å². The predicted octanol–water partition coefficient (Wildman–Crippen LogP) is 2.75. The maximum Gasteiger partial charge on any atom is 0.0755 e. The molecule has 0 aromatic rings. The Kier molecular flexibility index (Phi) is 3.50. The smallest absolute Gasteiger partial charge is 0.0755 e. The first kappa shape index (κ1) is 10.9. The Hall–Kier alpha value is 0.400. The van der Waals surface area contributed by atoms with Crippen LogP contribution in [-0.2, 0) is 9.47 Å². The van der Waals surface area contributed by atoms with Gasteiger partial charge in [0, 0.05) is 24.3 Å². The molecule has 0 aromatic heterocycles. The Morgan fingerprint density at radius 1 is 1.43 bits per heavy atom. The van der Waals surface area contributed by atoms with E-state index in [-0.39, 0.29) is 5.60 Å². The molecule has 14 heavy (non-hydrogen) atoms. The minimum Gasteiger partial charge on any atom is -0.381 e. The molecule has 0 saturated carbocycles. The van der Waals surface area contributed by atoms with Crippen molar-refractivity contribution in [1.82, 2.24) is 0 Å². The van der Waals surface area contributed by atoms with Gasteiger partial charge in [-0.1, -0.05) is 22.9 Å². The lowest BCUT2D eigenvalue weighted by atomic mass is 9.78. The van der Waals surface area contributed by atoms with Crippen molar-refractivity contribution in [3.63, 3.8) is 0 Å². The molecule has 2 nitrogen and oxygen atoms in total. The zero-order chi connectivity index (χ0) is 10.0. The Morgan fingerprint density at radius 2 is 2.29 bits per heavy atom. The maximum atomic E-state index is 6.25. The molecule has 3 heteroatoms. The van der Waals surface area contributed by atoms with Crippen LogP contribution in [0.3, 0.4) is 0 Å². The molecule has 3 unspecified atom stereocenters. The van der Waals surface area contributed by atoms with Gasteiger partial charge >= 0.3 is 0 Å². The number of ether oxygens (including phenoxy) is 2. The highest BCUT2D eigenvalue weighted by molar-refractivity contribution is 9.09. The van der Waals surface area contributed by atoms with Crippen molar-refractivity contribution < 1.29 is 9.47 Å². The summed E-state index contributed by atoms with van der Waals surface area (Å²) in [5, 5.41) is 0.975. The third-order valence-corrected chi connectivity index (χ3v) is 4.36. The summed E-state index contributed by atoms with van der Waals surface area (Å²) >= 11 is 3.52. The van der Waals surface area contributed by atoms with Crippen LogP contribution in [0.2, 0.25) is 0 Å². The van der Waals surface area contributed by atoms with Crippen LogP contribution in [0, 0.1) is 5.92 Å². The highest BCUT2D eigenvalue weighted by Gasteiger charge is 2.43. The van der Waals surface area contributed by atoms with Gasteiger partial charge in [-0.25, -0.2) is 0 Å². The molecule has 2 aliphatic rings. The van der Waals surface area contributed by atoms with Gasteiger partial charge in [-0.3, -0.25) is 0 Å². The fourth-order valence-corrected chi connectivity index (χ4v) is 3.09. The molecule has 0 aliphatic carbocycles. The summed E-state index contributed by atoms with van der Waals surface area (Å²) in [6, 6.07) is 0. The molecule has 0 N–H and O–H groups in total.